The van der Waals surface area contributed by atoms with Crippen LogP contribution in [0.25, 0.3) is 22.4 Å². The second-order valence-electron chi connectivity index (χ2n) is 8.94. The van der Waals surface area contributed by atoms with E-state index in [1.807, 2.05) is 36.4 Å². The van der Waals surface area contributed by atoms with Crippen molar-refractivity contribution in [2.45, 2.75) is 43.0 Å². The highest BCUT2D eigenvalue weighted by molar-refractivity contribution is 7.97. The summed E-state index contributed by atoms with van der Waals surface area (Å²) in [6.07, 6.45) is -2.45. The molecule has 1 aliphatic heterocycles. The zero-order chi connectivity index (χ0) is 25.1. The number of alkyl halides is 3. The van der Waals surface area contributed by atoms with E-state index >= 15 is 0 Å². The van der Waals surface area contributed by atoms with Crippen molar-refractivity contribution in [2.24, 2.45) is 0 Å². The third kappa shape index (κ3) is 5.85. The van der Waals surface area contributed by atoms with Crippen molar-refractivity contribution in [3.8, 4) is 11.5 Å². The van der Waals surface area contributed by atoms with Gasteiger partial charge in [0.15, 0.2) is 0 Å². The van der Waals surface area contributed by atoms with E-state index in [0.29, 0.717) is 16.8 Å². The molecular formula is C25H27F3N6OS. The maximum Gasteiger partial charge on any atom is 0.406 e. The number of rotatable bonds is 8. The summed E-state index contributed by atoms with van der Waals surface area (Å²) in [6.45, 7) is 1.09. The molecule has 1 saturated heterocycles. The molecule has 0 aliphatic carbocycles. The molecule has 2 aromatic heterocycles. The Morgan fingerprint density at radius 3 is 2.61 bits per heavy atom. The Morgan fingerprint density at radius 1 is 1.08 bits per heavy atom. The lowest BCUT2D eigenvalue weighted by Crippen LogP contribution is -2.36. The first-order valence-electron chi connectivity index (χ1n) is 11.8. The van der Waals surface area contributed by atoms with E-state index in [1.54, 1.807) is 18.2 Å². The molecule has 36 heavy (non-hydrogen) atoms. The summed E-state index contributed by atoms with van der Waals surface area (Å²) >= 11 is 1.41. The van der Waals surface area contributed by atoms with Crippen molar-refractivity contribution in [3.63, 3.8) is 0 Å². The van der Waals surface area contributed by atoms with E-state index in [0.717, 1.165) is 36.5 Å². The van der Waals surface area contributed by atoms with Crippen molar-refractivity contribution in [1.82, 2.24) is 24.3 Å². The maximum absolute atomic E-state index is 13.6. The maximum atomic E-state index is 13.6. The fourth-order valence-corrected chi connectivity index (χ4v) is 5.07. The van der Waals surface area contributed by atoms with Crippen LogP contribution in [0.2, 0.25) is 0 Å². The van der Waals surface area contributed by atoms with Gasteiger partial charge in [0.05, 0.1) is 17.8 Å². The number of piperidine rings is 1. The smallest absolute Gasteiger partial charge is 0.382 e. The molecule has 0 unspecified atom stereocenters. The van der Waals surface area contributed by atoms with Gasteiger partial charge in [-0.15, -0.1) is 0 Å². The van der Waals surface area contributed by atoms with Crippen molar-refractivity contribution in [3.05, 3.63) is 60.5 Å². The largest absolute Gasteiger partial charge is 0.406 e. The number of fused-ring (bicyclic) bond motifs is 1. The van der Waals surface area contributed by atoms with Crippen LogP contribution in [0, 0.1) is 0 Å². The molecule has 3 heterocycles. The van der Waals surface area contributed by atoms with E-state index < -0.39 is 12.7 Å². The molecule has 4 aromatic rings. The van der Waals surface area contributed by atoms with Gasteiger partial charge in [0, 0.05) is 22.0 Å². The van der Waals surface area contributed by atoms with Crippen LogP contribution in [0.1, 0.15) is 18.7 Å². The van der Waals surface area contributed by atoms with Gasteiger partial charge in [-0.3, -0.25) is 4.72 Å². The standard InChI is InChI=1S/C25H27F3N6OS/c1-33-12-10-17(11-13-33)30-20-8-5-9-21-19(20)14-22(34(21)16-25(26,27)28)24-31-23(35-32-24)15-29-36-18-6-3-2-4-7-18/h2-9,14,17,29-30H,10-13,15-16H2,1H3. The second kappa shape index (κ2) is 10.5. The molecule has 0 spiro atoms. The molecule has 5 rings (SSSR count). The van der Waals surface area contributed by atoms with Gasteiger partial charge in [-0.2, -0.15) is 18.2 Å². The van der Waals surface area contributed by atoms with Crippen LogP contribution in [0.4, 0.5) is 18.9 Å². The number of likely N-dealkylation sites (tertiary alicyclic amines) is 1. The summed E-state index contributed by atoms with van der Waals surface area (Å²) in [4.78, 5) is 7.68. The number of nitrogens with one attached hydrogen (secondary N) is 2. The molecule has 0 saturated carbocycles. The topological polar surface area (TPSA) is 71.2 Å². The van der Waals surface area contributed by atoms with Crippen LogP contribution < -0.4 is 10.0 Å². The molecule has 0 amide bonds. The van der Waals surface area contributed by atoms with Crippen LogP contribution in [0.5, 0.6) is 0 Å². The van der Waals surface area contributed by atoms with Crippen LogP contribution in [0.3, 0.4) is 0 Å². The molecule has 2 N–H and O–H groups in total. The lowest BCUT2D eigenvalue weighted by atomic mass is 10.0. The number of benzene rings is 2. The Hall–Kier alpha value is -3.02. The highest BCUT2D eigenvalue weighted by Crippen LogP contribution is 2.35. The molecular weight excluding hydrogens is 489 g/mol. The predicted molar refractivity (Wildman–Crippen MR) is 135 cm³/mol. The Kier molecular flexibility index (Phi) is 7.22. The van der Waals surface area contributed by atoms with Crippen molar-refractivity contribution < 1.29 is 17.7 Å². The van der Waals surface area contributed by atoms with Gasteiger partial charge >= 0.3 is 6.18 Å². The molecule has 1 aliphatic rings. The first kappa shape index (κ1) is 24.7. The lowest BCUT2D eigenvalue weighted by molar-refractivity contribution is -0.139. The van der Waals surface area contributed by atoms with Gasteiger partial charge in [0.1, 0.15) is 6.54 Å². The summed E-state index contributed by atoms with van der Waals surface area (Å²) in [6, 6.07) is 17.1. The quantitative estimate of drug-likeness (QED) is 0.297. The van der Waals surface area contributed by atoms with Crippen molar-refractivity contribution >= 4 is 28.5 Å². The summed E-state index contributed by atoms with van der Waals surface area (Å²) in [5, 5.41) is 8.26. The van der Waals surface area contributed by atoms with Crippen LogP contribution in [0.15, 0.2) is 64.0 Å². The minimum atomic E-state index is -4.40. The second-order valence-corrected chi connectivity index (χ2v) is 9.90. The average molecular weight is 517 g/mol. The Morgan fingerprint density at radius 2 is 1.86 bits per heavy atom. The molecule has 0 bridgehead atoms. The fraction of sp³-hybridized carbons (Fsp3) is 0.360. The van der Waals surface area contributed by atoms with E-state index in [9.17, 15) is 13.2 Å². The molecule has 2 aromatic carbocycles. The number of anilines is 1. The molecule has 0 radical (unpaired) electrons. The van der Waals surface area contributed by atoms with Crippen LogP contribution in [-0.4, -0.2) is 52.0 Å². The zero-order valence-electron chi connectivity index (χ0n) is 19.8. The van der Waals surface area contributed by atoms with Crippen LogP contribution in [-0.2, 0) is 13.1 Å². The lowest BCUT2D eigenvalue weighted by Gasteiger charge is -2.30. The third-order valence-electron chi connectivity index (χ3n) is 6.22. The van der Waals surface area contributed by atoms with Gasteiger partial charge < -0.3 is 19.3 Å². The SMILES string of the molecule is CN1CCC(Nc2cccc3c2cc(-c2noc(CNSc4ccccc4)n2)n3CC(F)(F)F)CC1. The molecule has 11 heteroatoms. The monoisotopic (exact) mass is 516 g/mol. The van der Waals surface area contributed by atoms with Crippen molar-refractivity contribution in [2.75, 3.05) is 25.5 Å². The number of nitrogens with zero attached hydrogens (tertiary/aromatic N) is 4. The summed E-state index contributed by atoms with van der Waals surface area (Å²) in [5.74, 6) is 0.420. The van der Waals surface area contributed by atoms with Gasteiger partial charge in [-0.05, 0) is 75.3 Å². The molecule has 0 atom stereocenters. The minimum Gasteiger partial charge on any atom is -0.382 e. The predicted octanol–water partition coefficient (Wildman–Crippen LogP) is 5.56. The molecule has 1 fully saturated rings. The van der Waals surface area contributed by atoms with Gasteiger partial charge in [-0.25, -0.2) is 0 Å². The van der Waals surface area contributed by atoms with Gasteiger partial charge in [0.2, 0.25) is 11.7 Å². The van der Waals surface area contributed by atoms with Gasteiger partial charge in [-0.1, -0.05) is 29.4 Å². The van der Waals surface area contributed by atoms with E-state index in [1.165, 1.54) is 16.5 Å². The first-order valence-corrected chi connectivity index (χ1v) is 12.6. The van der Waals surface area contributed by atoms with Gasteiger partial charge in [0.25, 0.3) is 0 Å². The Balaban J connectivity index is 1.41. The number of hydrogen-bond acceptors (Lipinski definition) is 7. The highest BCUT2D eigenvalue weighted by Gasteiger charge is 2.31. The average Bonchev–Trinajstić information content (AvgIpc) is 3.46. The number of aromatic nitrogens is 3. The zero-order valence-corrected chi connectivity index (χ0v) is 20.6. The molecule has 190 valence electrons. The minimum absolute atomic E-state index is 0.127. The first-order chi connectivity index (χ1) is 17.4. The highest BCUT2D eigenvalue weighted by atomic mass is 32.2. The summed E-state index contributed by atoms with van der Waals surface area (Å²) in [7, 11) is 2.09. The fourth-order valence-electron chi connectivity index (χ4n) is 4.42. The number of halogens is 3. The normalized spacial score (nSPS) is 15.6. The van der Waals surface area contributed by atoms with Crippen molar-refractivity contribution in [1.29, 1.82) is 0 Å². The molecule has 7 nitrogen and oxygen atoms in total. The van der Waals surface area contributed by atoms with E-state index in [2.05, 4.69) is 32.1 Å². The summed E-state index contributed by atoms with van der Waals surface area (Å²) in [5.41, 5.74) is 1.56. The Labute approximate surface area is 211 Å². The van der Waals surface area contributed by atoms with E-state index in [4.69, 9.17) is 4.52 Å². The Bertz CT molecular complexity index is 1300. The number of hydrogen-bond donors (Lipinski definition) is 2. The third-order valence-corrected chi connectivity index (χ3v) is 7.01. The van der Waals surface area contributed by atoms with Crippen LogP contribution >= 0.6 is 11.9 Å². The summed E-state index contributed by atoms with van der Waals surface area (Å²) < 4.78 is 50.4. The van der Waals surface area contributed by atoms with E-state index in [-0.39, 0.29) is 24.1 Å².